The maximum atomic E-state index is 12.4. The summed E-state index contributed by atoms with van der Waals surface area (Å²) in [6.07, 6.45) is 2.91. The van der Waals surface area contributed by atoms with E-state index in [0.717, 1.165) is 24.8 Å². The molecule has 6 heteroatoms. The minimum atomic E-state index is -0.330. The second-order valence-corrected chi connectivity index (χ2v) is 7.57. The van der Waals surface area contributed by atoms with Crippen LogP contribution in [0.1, 0.15) is 52.7 Å². The molecular formula is C20H25N2O3S+. The summed E-state index contributed by atoms with van der Waals surface area (Å²) in [6, 6.07) is 10.3. The van der Waals surface area contributed by atoms with Crippen LogP contribution in [0.15, 0.2) is 30.3 Å². The lowest BCUT2D eigenvalue weighted by atomic mass is 10.1. The SMILES string of the molecule is CCOC(=O)c1c(NC(=O)C[NH2+][C@@H](C)c2ccccc2)sc2c1CCC2. The van der Waals surface area contributed by atoms with E-state index in [-0.39, 0.29) is 17.9 Å². The van der Waals surface area contributed by atoms with E-state index in [9.17, 15) is 9.59 Å². The van der Waals surface area contributed by atoms with Crippen molar-refractivity contribution in [2.24, 2.45) is 0 Å². The molecule has 2 aromatic rings. The van der Waals surface area contributed by atoms with E-state index >= 15 is 0 Å². The van der Waals surface area contributed by atoms with Gasteiger partial charge < -0.3 is 15.4 Å². The number of anilines is 1. The average molecular weight is 373 g/mol. The van der Waals surface area contributed by atoms with E-state index in [4.69, 9.17) is 4.74 Å². The molecule has 1 heterocycles. The lowest BCUT2D eigenvalue weighted by molar-refractivity contribution is -0.682. The molecule has 1 aromatic heterocycles. The number of nitrogens with one attached hydrogen (secondary N) is 1. The molecule has 26 heavy (non-hydrogen) atoms. The van der Waals surface area contributed by atoms with Crippen LogP contribution in [0.5, 0.6) is 0 Å². The van der Waals surface area contributed by atoms with Gasteiger partial charge in [-0.2, -0.15) is 0 Å². The van der Waals surface area contributed by atoms with E-state index in [0.29, 0.717) is 23.7 Å². The van der Waals surface area contributed by atoms with Gasteiger partial charge in [0.15, 0.2) is 6.54 Å². The molecule has 1 aliphatic carbocycles. The Bertz CT molecular complexity index is 786. The van der Waals surface area contributed by atoms with Gasteiger partial charge in [0.2, 0.25) is 0 Å². The molecule has 138 valence electrons. The van der Waals surface area contributed by atoms with Crippen LogP contribution in [0.3, 0.4) is 0 Å². The summed E-state index contributed by atoms with van der Waals surface area (Å²) in [7, 11) is 0. The summed E-state index contributed by atoms with van der Waals surface area (Å²) in [5.41, 5.74) is 2.81. The van der Waals surface area contributed by atoms with Crippen molar-refractivity contribution in [3.8, 4) is 0 Å². The van der Waals surface area contributed by atoms with Crippen LogP contribution in [0.2, 0.25) is 0 Å². The van der Waals surface area contributed by atoms with Crippen LogP contribution in [0.25, 0.3) is 0 Å². The van der Waals surface area contributed by atoms with E-state index < -0.39 is 0 Å². The van der Waals surface area contributed by atoms with Gasteiger partial charge in [-0.3, -0.25) is 4.79 Å². The third kappa shape index (κ3) is 4.14. The lowest BCUT2D eigenvalue weighted by Gasteiger charge is -2.11. The highest BCUT2D eigenvalue weighted by Gasteiger charge is 2.28. The molecule has 3 rings (SSSR count). The third-order valence-electron chi connectivity index (χ3n) is 4.64. The second kappa shape index (κ2) is 8.47. The highest BCUT2D eigenvalue weighted by molar-refractivity contribution is 7.17. The molecule has 0 saturated carbocycles. The van der Waals surface area contributed by atoms with Crippen LogP contribution in [0.4, 0.5) is 5.00 Å². The van der Waals surface area contributed by atoms with Gasteiger partial charge in [-0.1, -0.05) is 30.3 Å². The van der Waals surface area contributed by atoms with Gasteiger partial charge in [-0.05, 0) is 38.7 Å². The number of nitrogens with two attached hydrogens (primary N) is 1. The fourth-order valence-electron chi connectivity index (χ4n) is 3.27. The molecule has 1 aromatic carbocycles. The molecule has 0 saturated heterocycles. The minimum absolute atomic E-state index is 0.0988. The van der Waals surface area contributed by atoms with Gasteiger partial charge in [0, 0.05) is 10.4 Å². The molecule has 1 amide bonds. The molecule has 3 N–H and O–H groups in total. The summed E-state index contributed by atoms with van der Waals surface area (Å²) in [4.78, 5) is 26.0. The van der Waals surface area contributed by atoms with Gasteiger partial charge in [0.05, 0.1) is 12.2 Å². The minimum Gasteiger partial charge on any atom is -0.462 e. The second-order valence-electron chi connectivity index (χ2n) is 6.47. The highest BCUT2D eigenvalue weighted by Crippen LogP contribution is 2.39. The Morgan fingerprint density at radius 1 is 1.27 bits per heavy atom. The van der Waals surface area contributed by atoms with Crippen LogP contribution >= 0.6 is 11.3 Å². The number of quaternary nitrogens is 1. The first kappa shape index (κ1) is 18.6. The summed E-state index contributed by atoms with van der Waals surface area (Å²) >= 11 is 1.52. The van der Waals surface area contributed by atoms with Gasteiger partial charge in [0.1, 0.15) is 11.0 Å². The number of fused-ring (bicyclic) bond motifs is 1. The van der Waals surface area contributed by atoms with E-state index in [1.54, 1.807) is 6.92 Å². The number of thiophene rings is 1. The topological polar surface area (TPSA) is 72.0 Å². The molecule has 1 atom stereocenters. The maximum Gasteiger partial charge on any atom is 0.341 e. The predicted octanol–water partition coefficient (Wildman–Crippen LogP) is 2.68. The number of benzene rings is 1. The molecule has 0 bridgehead atoms. The number of ether oxygens (including phenoxy) is 1. The zero-order valence-electron chi connectivity index (χ0n) is 15.2. The van der Waals surface area contributed by atoms with Crippen LogP contribution in [-0.2, 0) is 22.4 Å². The average Bonchev–Trinajstić information content (AvgIpc) is 3.21. The standard InChI is InChI=1S/C20H24N2O3S/c1-3-25-20(24)18-15-10-7-11-16(15)26-19(18)22-17(23)12-21-13(2)14-8-5-4-6-9-14/h4-6,8-9,13,21H,3,7,10-12H2,1-2H3,(H,22,23)/p+1/t13-/m0/s1. The number of rotatable bonds is 7. The zero-order valence-corrected chi connectivity index (χ0v) is 16.0. The molecule has 5 nitrogen and oxygen atoms in total. The maximum absolute atomic E-state index is 12.4. The number of carbonyl (C=O) groups is 2. The lowest BCUT2D eigenvalue weighted by Crippen LogP contribution is -2.86. The first-order chi connectivity index (χ1) is 12.6. The zero-order chi connectivity index (χ0) is 18.5. The normalized spacial score (nSPS) is 13.9. The Hall–Kier alpha value is -2.18. The van der Waals surface area contributed by atoms with Crippen LogP contribution < -0.4 is 10.6 Å². The van der Waals surface area contributed by atoms with Crippen LogP contribution in [0, 0.1) is 0 Å². The first-order valence-electron chi connectivity index (χ1n) is 9.10. The molecule has 0 aliphatic heterocycles. The summed E-state index contributed by atoms with van der Waals surface area (Å²) in [6.45, 7) is 4.51. The van der Waals surface area contributed by atoms with Gasteiger partial charge >= 0.3 is 5.97 Å². The third-order valence-corrected chi connectivity index (χ3v) is 5.84. The summed E-state index contributed by atoms with van der Waals surface area (Å²) < 4.78 is 5.20. The van der Waals surface area contributed by atoms with Crippen molar-refractivity contribution in [3.05, 3.63) is 51.9 Å². The quantitative estimate of drug-likeness (QED) is 0.733. The number of aryl methyl sites for hydroxylation is 1. The Labute approximate surface area is 157 Å². The Morgan fingerprint density at radius 2 is 2.04 bits per heavy atom. The highest BCUT2D eigenvalue weighted by atomic mass is 32.1. The van der Waals surface area contributed by atoms with Gasteiger partial charge in [-0.15, -0.1) is 11.3 Å². The van der Waals surface area contributed by atoms with E-state index in [1.807, 2.05) is 23.5 Å². The molecule has 1 aliphatic rings. The molecule has 0 radical (unpaired) electrons. The van der Waals surface area contributed by atoms with Crippen molar-refractivity contribution in [2.45, 2.75) is 39.2 Å². The number of hydrogen-bond donors (Lipinski definition) is 2. The largest absolute Gasteiger partial charge is 0.462 e. The first-order valence-corrected chi connectivity index (χ1v) is 9.91. The van der Waals surface area contributed by atoms with Gasteiger partial charge in [0.25, 0.3) is 5.91 Å². The molecule has 0 fully saturated rings. The van der Waals surface area contributed by atoms with Crippen molar-refractivity contribution in [3.63, 3.8) is 0 Å². The van der Waals surface area contributed by atoms with Crippen molar-refractivity contribution in [1.29, 1.82) is 0 Å². The van der Waals surface area contributed by atoms with Crippen molar-refractivity contribution in [2.75, 3.05) is 18.5 Å². The number of esters is 1. The molecular weight excluding hydrogens is 348 g/mol. The van der Waals surface area contributed by atoms with Crippen molar-refractivity contribution in [1.82, 2.24) is 0 Å². The Morgan fingerprint density at radius 3 is 2.77 bits per heavy atom. The summed E-state index contributed by atoms with van der Waals surface area (Å²) in [5, 5.41) is 5.57. The van der Waals surface area contributed by atoms with E-state index in [1.165, 1.54) is 21.8 Å². The summed E-state index contributed by atoms with van der Waals surface area (Å²) in [5.74, 6) is -0.429. The van der Waals surface area contributed by atoms with Crippen LogP contribution in [-0.4, -0.2) is 25.0 Å². The Balaban J connectivity index is 1.65. The number of amides is 1. The predicted molar refractivity (Wildman–Crippen MR) is 103 cm³/mol. The monoisotopic (exact) mass is 373 g/mol. The number of hydrogen-bond acceptors (Lipinski definition) is 4. The van der Waals surface area contributed by atoms with Crippen molar-refractivity contribution >= 4 is 28.2 Å². The Kier molecular flexibility index (Phi) is 6.06. The number of carbonyl (C=O) groups excluding carboxylic acids is 2. The van der Waals surface area contributed by atoms with Crippen molar-refractivity contribution < 1.29 is 19.6 Å². The molecule has 0 spiro atoms. The van der Waals surface area contributed by atoms with E-state index in [2.05, 4.69) is 24.4 Å². The fraction of sp³-hybridized carbons (Fsp3) is 0.400. The molecule has 0 unspecified atom stereocenters. The van der Waals surface area contributed by atoms with Gasteiger partial charge in [-0.25, -0.2) is 4.79 Å². The fourth-order valence-corrected chi connectivity index (χ4v) is 4.56. The smallest absolute Gasteiger partial charge is 0.341 e.